The summed E-state index contributed by atoms with van der Waals surface area (Å²) in [4.78, 5) is 10.6. The number of methoxy groups -OCH3 is 1. The lowest BCUT2D eigenvalue weighted by atomic mass is 10.1. The van der Waals surface area contributed by atoms with E-state index in [-0.39, 0.29) is 6.04 Å². The maximum absolute atomic E-state index is 10.6. The molecule has 0 radical (unpaired) electrons. The highest BCUT2D eigenvalue weighted by molar-refractivity contribution is 6.62. The van der Waals surface area contributed by atoms with Crippen LogP contribution in [0, 0.1) is 0 Å². The third kappa shape index (κ3) is 4.21. The number of hydrogen-bond acceptors (Lipinski definition) is 2. The number of carbonyl (C=O) groups excluding carboxylic acids is 1. The average Bonchev–Trinajstić information content (AvgIpc) is 2.17. The Morgan fingerprint density at radius 1 is 1.47 bits per heavy atom. The number of nitrogens with one attached hydrogen (secondary N) is 1. The summed E-state index contributed by atoms with van der Waals surface area (Å²) in [6.07, 6.45) is 0.752. The number of rotatable bonds is 4. The molecular formula is C11H14ClNO2. The molecule has 0 aliphatic rings. The normalized spacial score (nSPS) is 11.9. The molecule has 4 heteroatoms. The SMILES string of the molecule is COc1ccc(C[C@@H](C)NC(=O)Cl)cc1. The molecule has 3 nitrogen and oxygen atoms in total. The molecule has 0 aliphatic heterocycles. The summed E-state index contributed by atoms with van der Waals surface area (Å²) in [5, 5.41) is 2.10. The number of halogens is 1. The van der Waals surface area contributed by atoms with Gasteiger partial charge in [0.15, 0.2) is 0 Å². The molecule has 1 N–H and O–H groups in total. The molecule has 1 aromatic rings. The van der Waals surface area contributed by atoms with Gasteiger partial charge in [-0.2, -0.15) is 0 Å². The molecule has 0 aromatic heterocycles. The average molecular weight is 228 g/mol. The van der Waals surface area contributed by atoms with Gasteiger partial charge in [-0.15, -0.1) is 0 Å². The van der Waals surface area contributed by atoms with Crippen LogP contribution in [0.1, 0.15) is 12.5 Å². The zero-order valence-corrected chi connectivity index (χ0v) is 9.54. The maximum atomic E-state index is 10.6. The lowest BCUT2D eigenvalue weighted by Crippen LogP contribution is -2.29. The monoisotopic (exact) mass is 227 g/mol. The Labute approximate surface area is 94.4 Å². The lowest BCUT2D eigenvalue weighted by molar-refractivity contribution is 0.257. The van der Waals surface area contributed by atoms with Gasteiger partial charge in [-0.3, -0.25) is 4.79 Å². The smallest absolute Gasteiger partial charge is 0.314 e. The van der Waals surface area contributed by atoms with Gasteiger partial charge in [0.2, 0.25) is 0 Å². The number of benzene rings is 1. The molecule has 0 heterocycles. The fourth-order valence-corrected chi connectivity index (χ4v) is 1.55. The minimum absolute atomic E-state index is 0.0309. The Balaban J connectivity index is 2.53. The van der Waals surface area contributed by atoms with Crippen LogP contribution in [-0.2, 0) is 6.42 Å². The van der Waals surface area contributed by atoms with Crippen LogP contribution in [0.3, 0.4) is 0 Å². The summed E-state index contributed by atoms with van der Waals surface area (Å²) in [7, 11) is 1.63. The minimum Gasteiger partial charge on any atom is -0.497 e. The van der Waals surface area contributed by atoms with E-state index in [0.29, 0.717) is 0 Å². The van der Waals surface area contributed by atoms with Gasteiger partial charge in [-0.05, 0) is 42.6 Å². The summed E-state index contributed by atoms with van der Waals surface area (Å²) in [6, 6.07) is 7.75. The van der Waals surface area contributed by atoms with Gasteiger partial charge < -0.3 is 10.1 Å². The molecule has 0 aliphatic carbocycles. The van der Waals surface area contributed by atoms with Gasteiger partial charge >= 0.3 is 5.37 Å². The van der Waals surface area contributed by atoms with Crippen molar-refractivity contribution in [2.45, 2.75) is 19.4 Å². The highest BCUT2D eigenvalue weighted by atomic mass is 35.5. The summed E-state index contributed by atoms with van der Waals surface area (Å²) >= 11 is 5.22. The highest BCUT2D eigenvalue weighted by Gasteiger charge is 2.05. The fourth-order valence-electron chi connectivity index (χ4n) is 1.36. The van der Waals surface area contributed by atoms with Crippen LogP contribution < -0.4 is 10.1 Å². The van der Waals surface area contributed by atoms with Crippen LogP contribution in [0.2, 0.25) is 0 Å². The molecule has 0 bridgehead atoms. The van der Waals surface area contributed by atoms with Gasteiger partial charge in [0.05, 0.1) is 7.11 Å². The van der Waals surface area contributed by atoms with E-state index in [4.69, 9.17) is 16.3 Å². The lowest BCUT2D eigenvalue weighted by Gasteiger charge is -2.11. The van der Waals surface area contributed by atoms with Crippen molar-refractivity contribution in [1.82, 2.24) is 5.32 Å². The second kappa shape index (κ2) is 5.61. The molecule has 15 heavy (non-hydrogen) atoms. The van der Waals surface area contributed by atoms with Crippen molar-refractivity contribution < 1.29 is 9.53 Å². The number of carbonyl (C=O) groups is 1. The van der Waals surface area contributed by atoms with Gasteiger partial charge in [0.25, 0.3) is 0 Å². The van der Waals surface area contributed by atoms with Crippen LogP contribution in [0.5, 0.6) is 5.75 Å². The topological polar surface area (TPSA) is 38.3 Å². The minimum atomic E-state index is -0.518. The van der Waals surface area contributed by atoms with Crippen LogP contribution >= 0.6 is 11.6 Å². The van der Waals surface area contributed by atoms with E-state index < -0.39 is 5.37 Å². The summed E-state index contributed by atoms with van der Waals surface area (Å²) in [6.45, 7) is 1.91. The zero-order chi connectivity index (χ0) is 11.3. The Morgan fingerprint density at radius 3 is 2.53 bits per heavy atom. The first-order valence-corrected chi connectivity index (χ1v) is 5.08. The number of hydrogen-bond donors (Lipinski definition) is 1. The van der Waals surface area contributed by atoms with Gasteiger partial charge in [0, 0.05) is 6.04 Å². The fraction of sp³-hybridized carbons (Fsp3) is 0.364. The van der Waals surface area contributed by atoms with E-state index >= 15 is 0 Å². The molecule has 0 spiro atoms. The Morgan fingerprint density at radius 2 is 2.07 bits per heavy atom. The van der Waals surface area contributed by atoms with Gasteiger partial charge in [0.1, 0.15) is 5.75 Å². The molecule has 0 saturated carbocycles. The predicted molar refractivity (Wildman–Crippen MR) is 60.5 cm³/mol. The number of amides is 1. The first-order chi connectivity index (χ1) is 7.11. The van der Waals surface area contributed by atoms with Crippen LogP contribution in [-0.4, -0.2) is 18.5 Å². The molecule has 1 amide bonds. The van der Waals surface area contributed by atoms with Crippen LogP contribution in [0.25, 0.3) is 0 Å². The molecule has 1 atom stereocenters. The molecule has 1 aromatic carbocycles. The second-order valence-electron chi connectivity index (χ2n) is 3.37. The molecule has 82 valence electrons. The summed E-state index contributed by atoms with van der Waals surface area (Å²) < 4.78 is 5.05. The van der Waals surface area contributed by atoms with E-state index in [1.807, 2.05) is 31.2 Å². The third-order valence-corrected chi connectivity index (χ3v) is 2.17. The molecule has 0 unspecified atom stereocenters. The predicted octanol–water partition coefficient (Wildman–Crippen LogP) is 2.57. The van der Waals surface area contributed by atoms with E-state index in [2.05, 4.69) is 5.32 Å². The largest absolute Gasteiger partial charge is 0.497 e. The molecular weight excluding hydrogens is 214 g/mol. The van der Waals surface area contributed by atoms with Gasteiger partial charge in [-0.25, -0.2) is 0 Å². The first kappa shape index (κ1) is 11.9. The maximum Gasteiger partial charge on any atom is 0.314 e. The first-order valence-electron chi connectivity index (χ1n) is 4.70. The van der Waals surface area contributed by atoms with E-state index in [1.54, 1.807) is 7.11 Å². The highest BCUT2D eigenvalue weighted by Crippen LogP contribution is 2.12. The number of ether oxygens (including phenoxy) is 1. The van der Waals surface area contributed by atoms with E-state index in [1.165, 1.54) is 0 Å². The second-order valence-corrected chi connectivity index (χ2v) is 3.71. The zero-order valence-electron chi connectivity index (χ0n) is 8.79. The van der Waals surface area contributed by atoms with Crippen molar-refractivity contribution in [3.8, 4) is 5.75 Å². The van der Waals surface area contributed by atoms with Crippen molar-refractivity contribution in [3.05, 3.63) is 29.8 Å². The quantitative estimate of drug-likeness (QED) is 0.634. The van der Waals surface area contributed by atoms with Crippen molar-refractivity contribution >= 4 is 17.0 Å². The van der Waals surface area contributed by atoms with Crippen LogP contribution in [0.15, 0.2) is 24.3 Å². The standard InChI is InChI=1S/C11H14ClNO2/c1-8(13-11(12)14)7-9-3-5-10(15-2)6-4-9/h3-6,8H,7H2,1-2H3,(H,13,14)/t8-/m1/s1. The van der Waals surface area contributed by atoms with Gasteiger partial charge in [-0.1, -0.05) is 12.1 Å². The van der Waals surface area contributed by atoms with Crippen molar-refractivity contribution in [2.24, 2.45) is 0 Å². The summed E-state index contributed by atoms with van der Waals surface area (Å²) in [5.41, 5.74) is 1.13. The third-order valence-electron chi connectivity index (χ3n) is 2.06. The van der Waals surface area contributed by atoms with Crippen molar-refractivity contribution in [2.75, 3.05) is 7.11 Å². The molecule has 0 fully saturated rings. The Hall–Kier alpha value is -1.22. The summed E-state index contributed by atoms with van der Waals surface area (Å²) in [5.74, 6) is 0.827. The Bertz CT molecular complexity index is 324. The van der Waals surface area contributed by atoms with Crippen molar-refractivity contribution in [1.29, 1.82) is 0 Å². The van der Waals surface area contributed by atoms with E-state index in [9.17, 15) is 4.79 Å². The van der Waals surface area contributed by atoms with Crippen LogP contribution in [0.4, 0.5) is 4.79 Å². The van der Waals surface area contributed by atoms with E-state index in [0.717, 1.165) is 17.7 Å². The Kier molecular flexibility index (Phi) is 4.43. The molecule has 1 rings (SSSR count). The van der Waals surface area contributed by atoms with Crippen molar-refractivity contribution in [3.63, 3.8) is 0 Å². The molecule has 0 saturated heterocycles.